The average molecular weight is 382 g/mol. The van der Waals surface area contributed by atoms with Crippen LogP contribution in [0.5, 0.6) is 0 Å². The van der Waals surface area contributed by atoms with Crippen molar-refractivity contribution in [3.05, 3.63) is 26.0 Å². The van der Waals surface area contributed by atoms with Gasteiger partial charge in [0.1, 0.15) is 3.70 Å². The van der Waals surface area contributed by atoms with Gasteiger partial charge in [0.2, 0.25) is 0 Å². The third-order valence-electron chi connectivity index (χ3n) is 1.46. The lowest BCUT2D eigenvalue weighted by atomic mass is 10.2. The number of hydrogen-bond donors (Lipinski definition) is 0. The molecule has 72 valence electrons. The van der Waals surface area contributed by atoms with Crippen LogP contribution in [0.15, 0.2) is 6.20 Å². The van der Waals surface area contributed by atoms with Gasteiger partial charge in [-0.25, -0.2) is 13.8 Å². The van der Waals surface area contributed by atoms with Gasteiger partial charge in [0.15, 0.2) is 0 Å². The molecule has 0 spiro atoms. The summed E-state index contributed by atoms with van der Waals surface area (Å²) in [5.74, 6) is 0. The van der Waals surface area contributed by atoms with Crippen LogP contribution >= 0.6 is 50.1 Å². The molecule has 0 aliphatic carbocycles. The van der Waals surface area contributed by atoms with E-state index in [0.717, 1.165) is 0 Å². The van der Waals surface area contributed by atoms with Crippen LogP contribution in [0.2, 0.25) is 5.02 Å². The molecule has 0 fully saturated rings. The van der Waals surface area contributed by atoms with Gasteiger partial charge in [0.25, 0.3) is 6.43 Å². The van der Waals surface area contributed by atoms with Crippen LogP contribution in [-0.4, -0.2) is 4.98 Å². The molecule has 0 atom stereocenters. The van der Waals surface area contributed by atoms with Gasteiger partial charge in [-0.15, -0.1) is 0 Å². The summed E-state index contributed by atoms with van der Waals surface area (Å²) in [5, 5.41) is 0.378. The summed E-state index contributed by atoms with van der Waals surface area (Å²) in [6, 6.07) is 0. The summed E-state index contributed by atoms with van der Waals surface area (Å²) < 4.78 is 25.4. The minimum atomic E-state index is -2.56. The van der Waals surface area contributed by atoms with Crippen molar-refractivity contribution < 1.29 is 8.78 Å². The zero-order chi connectivity index (χ0) is 10.0. The van der Waals surface area contributed by atoms with Crippen molar-refractivity contribution in [2.75, 3.05) is 0 Å². The number of alkyl halides is 3. The summed E-state index contributed by atoms with van der Waals surface area (Å²) in [5.41, 5.74) is 0.304. The molecule has 0 N–H and O–H groups in total. The molecule has 1 aromatic rings. The average Bonchev–Trinajstić information content (AvgIpc) is 2.08. The third-order valence-corrected chi connectivity index (χ3v) is 3.58. The third kappa shape index (κ3) is 2.50. The van der Waals surface area contributed by atoms with Crippen LogP contribution in [0, 0.1) is 3.70 Å². The number of pyridine rings is 1. The molecule has 0 aromatic carbocycles. The van der Waals surface area contributed by atoms with Crippen molar-refractivity contribution in [1.29, 1.82) is 0 Å². The van der Waals surface area contributed by atoms with Crippen LogP contribution in [0.4, 0.5) is 8.78 Å². The molecular weight excluding hydrogens is 378 g/mol. The number of halogens is 5. The van der Waals surface area contributed by atoms with Crippen molar-refractivity contribution in [1.82, 2.24) is 4.98 Å². The topological polar surface area (TPSA) is 12.9 Å². The lowest BCUT2D eigenvalue weighted by Gasteiger charge is -2.08. The standard InChI is InChI=1S/C7H4BrClF2IN/c8-1-3-2-13-7(12)5(9)4(3)6(10)11/h2,6H,1H2. The molecule has 0 aliphatic heterocycles. The Balaban J connectivity index is 3.32. The Morgan fingerprint density at radius 1 is 1.62 bits per heavy atom. The van der Waals surface area contributed by atoms with Gasteiger partial charge in [-0.05, 0) is 28.2 Å². The fourth-order valence-corrected chi connectivity index (χ4v) is 1.98. The van der Waals surface area contributed by atoms with Crippen molar-refractivity contribution in [2.24, 2.45) is 0 Å². The van der Waals surface area contributed by atoms with Crippen LogP contribution < -0.4 is 0 Å². The van der Waals surface area contributed by atoms with Gasteiger partial charge in [0.05, 0.1) is 5.02 Å². The molecule has 1 aromatic heterocycles. The van der Waals surface area contributed by atoms with Gasteiger partial charge in [0, 0.05) is 17.1 Å². The second-order valence-electron chi connectivity index (χ2n) is 2.24. The highest BCUT2D eigenvalue weighted by molar-refractivity contribution is 14.1. The van der Waals surface area contributed by atoms with Crippen LogP contribution in [0.3, 0.4) is 0 Å². The van der Waals surface area contributed by atoms with Crippen molar-refractivity contribution in [2.45, 2.75) is 11.8 Å². The summed E-state index contributed by atoms with van der Waals surface area (Å²) >= 11 is 10.6. The fourth-order valence-electron chi connectivity index (χ4n) is 0.855. The van der Waals surface area contributed by atoms with Crippen LogP contribution in [0.1, 0.15) is 17.6 Å². The maximum Gasteiger partial charge on any atom is 0.265 e. The molecule has 1 nitrogen and oxygen atoms in total. The van der Waals surface area contributed by atoms with Gasteiger partial charge in [-0.1, -0.05) is 27.5 Å². The second-order valence-corrected chi connectivity index (χ2v) is 4.20. The second kappa shape index (κ2) is 4.84. The van der Waals surface area contributed by atoms with E-state index in [0.29, 0.717) is 14.6 Å². The molecule has 0 radical (unpaired) electrons. The Bertz CT molecular complexity index is 322. The minimum absolute atomic E-state index is 0.0487. The number of nitrogens with zero attached hydrogens (tertiary/aromatic N) is 1. The van der Waals surface area contributed by atoms with E-state index in [2.05, 4.69) is 20.9 Å². The highest BCUT2D eigenvalue weighted by atomic mass is 127. The van der Waals surface area contributed by atoms with E-state index < -0.39 is 6.43 Å². The Morgan fingerprint density at radius 3 is 2.69 bits per heavy atom. The first kappa shape index (κ1) is 11.6. The van der Waals surface area contributed by atoms with E-state index in [9.17, 15) is 8.78 Å². The Kier molecular flexibility index (Phi) is 4.31. The quantitative estimate of drug-likeness (QED) is 0.425. The van der Waals surface area contributed by atoms with Crippen molar-refractivity contribution in [3.63, 3.8) is 0 Å². The number of hydrogen-bond acceptors (Lipinski definition) is 1. The van der Waals surface area contributed by atoms with Gasteiger partial charge in [-0.3, -0.25) is 0 Å². The van der Waals surface area contributed by atoms with Gasteiger partial charge >= 0.3 is 0 Å². The highest BCUT2D eigenvalue weighted by Crippen LogP contribution is 2.33. The van der Waals surface area contributed by atoms with Gasteiger partial charge in [-0.2, -0.15) is 0 Å². The van der Waals surface area contributed by atoms with E-state index in [1.165, 1.54) is 6.20 Å². The van der Waals surface area contributed by atoms with Crippen molar-refractivity contribution in [3.8, 4) is 0 Å². The minimum Gasteiger partial charge on any atom is -0.248 e. The maximum atomic E-state index is 12.5. The van der Waals surface area contributed by atoms with Gasteiger partial charge < -0.3 is 0 Å². The number of rotatable bonds is 2. The van der Waals surface area contributed by atoms with Crippen LogP contribution in [0.25, 0.3) is 0 Å². The predicted octanol–water partition coefficient (Wildman–Crippen LogP) is 4.17. The van der Waals surface area contributed by atoms with Crippen LogP contribution in [-0.2, 0) is 5.33 Å². The molecule has 0 saturated heterocycles. The largest absolute Gasteiger partial charge is 0.265 e. The summed E-state index contributed by atoms with van der Waals surface area (Å²) in [4.78, 5) is 3.88. The Labute approximate surface area is 101 Å². The molecule has 0 bridgehead atoms. The highest BCUT2D eigenvalue weighted by Gasteiger charge is 2.19. The van der Waals surface area contributed by atoms with E-state index in [4.69, 9.17) is 11.6 Å². The zero-order valence-corrected chi connectivity index (χ0v) is 10.7. The SMILES string of the molecule is FC(F)c1c(CBr)cnc(I)c1Cl. The van der Waals surface area contributed by atoms with E-state index in [1.54, 1.807) is 0 Å². The monoisotopic (exact) mass is 381 g/mol. The fraction of sp³-hybridized carbons (Fsp3) is 0.286. The van der Waals surface area contributed by atoms with E-state index in [1.807, 2.05) is 22.6 Å². The lowest BCUT2D eigenvalue weighted by Crippen LogP contribution is -1.97. The predicted molar refractivity (Wildman–Crippen MR) is 59.6 cm³/mol. The van der Waals surface area contributed by atoms with Crippen molar-refractivity contribution >= 4 is 50.1 Å². The van der Waals surface area contributed by atoms with E-state index in [-0.39, 0.29) is 10.6 Å². The van der Waals surface area contributed by atoms with E-state index >= 15 is 0 Å². The summed E-state index contributed by atoms with van der Waals surface area (Å²) in [7, 11) is 0. The smallest absolute Gasteiger partial charge is 0.248 e. The molecule has 0 amide bonds. The lowest BCUT2D eigenvalue weighted by molar-refractivity contribution is 0.150. The molecular formula is C7H4BrClF2IN. The molecule has 0 unspecified atom stereocenters. The first-order chi connectivity index (χ1) is 6.07. The number of aromatic nitrogens is 1. The molecule has 1 rings (SSSR count). The first-order valence-corrected chi connectivity index (χ1v) is 5.82. The molecule has 6 heteroatoms. The molecule has 0 saturated carbocycles. The first-order valence-electron chi connectivity index (χ1n) is 3.24. The normalized spacial score (nSPS) is 10.9. The molecule has 0 aliphatic rings. The molecule has 1 heterocycles. The molecule has 13 heavy (non-hydrogen) atoms. The maximum absolute atomic E-state index is 12.5. The summed E-state index contributed by atoms with van der Waals surface area (Å²) in [6.45, 7) is 0. The Hall–Kier alpha value is 0.510. The Morgan fingerprint density at radius 2 is 2.23 bits per heavy atom. The zero-order valence-electron chi connectivity index (χ0n) is 6.20. The summed E-state index contributed by atoms with van der Waals surface area (Å²) in [6.07, 6.45) is -1.15.